The summed E-state index contributed by atoms with van der Waals surface area (Å²) in [4.78, 5) is 7.52. The monoisotopic (exact) mass is 220 g/mol. The van der Waals surface area contributed by atoms with Crippen LogP contribution < -0.4 is 5.14 Å². The highest BCUT2D eigenvalue weighted by Gasteiger charge is 2.34. The maximum Gasteiger partial charge on any atom is 0.237 e. The molecule has 2 N–H and O–H groups in total. The Hall–Kier alpha value is -0.920. The van der Waals surface area contributed by atoms with Crippen LogP contribution in [0.2, 0.25) is 0 Å². The number of hydrogen-bond donors (Lipinski definition) is 1. The number of nitrogens with zero attached hydrogens (tertiary/aromatic N) is 3. The lowest BCUT2D eigenvalue weighted by Gasteiger charge is -2.08. The molecule has 13 heavy (non-hydrogen) atoms. The molecule has 8 heteroatoms. The molecule has 1 aliphatic heterocycles. The van der Waals surface area contributed by atoms with E-state index in [0.717, 1.165) is 0 Å². The molecule has 0 saturated heterocycles. The van der Waals surface area contributed by atoms with Crippen LogP contribution in [0.1, 0.15) is 5.37 Å². The van der Waals surface area contributed by atoms with Crippen LogP contribution in [-0.4, -0.2) is 23.1 Å². The van der Waals surface area contributed by atoms with Crippen molar-refractivity contribution < 1.29 is 8.42 Å². The lowest BCUT2D eigenvalue weighted by Crippen LogP contribution is -2.27. The van der Waals surface area contributed by atoms with E-state index in [1.807, 2.05) is 0 Å². The lowest BCUT2D eigenvalue weighted by molar-refractivity contribution is 0.582. The van der Waals surface area contributed by atoms with E-state index in [4.69, 9.17) is 16.7 Å². The highest BCUT2D eigenvalue weighted by Crippen LogP contribution is 2.30. The first-order valence-electron chi connectivity index (χ1n) is 3.28. The Bertz CT molecular complexity index is 476. The number of aliphatic imine (C=N–C) groups is 1. The summed E-state index contributed by atoms with van der Waals surface area (Å²) in [6.45, 7) is 0. The van der Waals surface area contributed by atoms with Gasteiger partial charge in [0.15, 0.2) is 0 Å². The van der Waals surface area contributed by atoms with Gasteiger partial charge in [-0.15, -0.1) is 0 Å². The Morgan fingerprint density at radius 3 is 2.92 bits per heavy atom. The van der Waals surface area contributed by atoms with E-state index < -0.39 is 15.4 Å². The van der Waals surface area contributed by atoms with Crippen molar-refractivity contribution >= 4 is 32.7 Å². The van der Waals surface area contributed by atoms with Gasteiger partial charge < -0.3 is 0 Å². The molecule has 1 aromatic heterocycles. The van der Waals surface area contributed by atoms with Crippen LogP contribution in [-0.2, 0) is 10.0 Å². The molecule has 6 nitrogen and oxygen atoms in total. The Morgan fingerprint density at radius 1 is 1.62 bits per heavy atom. The molecule has 1 atom stereocenters. The zero-order valence-electron chi connectivity index (χ0n) is 6.25. The first kappa shape index (κ1) is 8.67. The first-order chi connectivity index (χ1) is 6.00. The van der Waals surface area contributed by atoms with Gasteiger partial charge in [0, 0.05) is 12.4 Å². The van der Waals surface area contributed by atoms with Crippen molar-refractivity contribution in [3.05, 3.63) is 12.4 Å². The average Bonchev–Trinajstić information content (AvgIpc) is 2.41. The molecule has 0 fully saturated rings. The minimum absolute atomic E-state index is 0.0781. The van der Waals surface area contributed by atoms with Crippen LogP contribution in [0.4, 0.5) is 5.95 Å². The van der Waals surface area contributed by atoms with Crippen LogP contribution in [0.15, 0.2) is 17.4 Å². The van der Waals surface area contributed by atoms with Crippen molar-refractivity contribution in [2.75, 3.05) is 0 Å². The van der Waals surface area contributed by atoms with Gasteiger partial charge in [-0.1, -0.05) is 11.6 Å². The van der Waals surface area contributed by atoms with Crippen molar-refractivity contribution in [1.29, 1.82) is 0 Å². The maximum absolute atomic E-state index is 11.1. The highest BCUT2D eigenvalue weighted by atomic mass is 35.5. The van der Waals surface area contributed by atoms with Crippen LogP contribution >= 0.6 is 11.6 Å². The van der Waals surface area contributed by atoms with Gasteiger partial charge in [0.05, 0.1) is 0 Å². The molecule has 2 rings (SSSR count). The van der Waals surface area contributed by atoms with E-state index in [-0.39, 0.29) is 11.1 Å². The van der Waals surface area contributed by atoms with Crippen molar-refractivity contribution in [2.45, 2.75) is 5.37 Å². The van der Waals surface area contributed by atoms with E-state index in [1.54, 1.807) is 0 Å². The normalized spacial score (nSPS) is 21.4. The molecule has 1 unspecified atom stereocenters. The SMILES string of the molecule is NS(=O)(=O)C1C(Cl)=Nc2nccn21. The third-order valence-corrected chi connectivity index (χ3v) is 3.12. The van der Waals surface area contributed by atoms with Crippen LogP contribution in [0, 0.1) is 0 Å². The van der Waals surface area contributed by atoms with E-state index in [1.165, 1.54) is 17.0 Å². The van der Waals surface area contributed by atoms with E-state index in [9.17, 15) is 8.42 Å². The molecular weight excluding hydrogens is 216 g/mol. The van der Waals surface area contributed by atoms with E-state index in [2.05, 4.69) is 9.98 Å². The molecular formula is C5H5ClN4O2S. The van der Waals surface area contributed by atoms with Gasteiger partial charge in [-0.05, 0) is 0 Å². The summed E-state index contributed by atoms with van der Waals surface area (Å²) in [7, 11) is -3.77. The summed E-state index contributed by atoms with van der Waals surface area (Å²) >= 11 is 5.60. The Kier molecular flexibility index (Phi) is 1.69. The largest absolute Gasteiger partial charge is 0.291 e. The number of rotatable bonds is 1. The summed E-state index contributed by atoms with van der Waals surface area (Å²) in [5.74, 6) is 0.254. The third-order valence-electron chi connectivity index (χ3n) is 1.62. The summed E-state index contributed by atoms with van der Waals surface area (Å²) in [6, 6.07) is 0. The quantitative estimate of drug-likeness (QED) is 0.720. The van der Waals surface area contributed by atoms with Gasteiger partial charge in [-0.2, -0.15) is 0 Å². The molecule has 0 amide bonds. The smallest absolute Gasteiger partial charge is 0.237 e. The summed E-state index contributed by atoms with van der Waals surface area (Å²) in [5.41, 5.74) is 0. The van der Waals surface area contributed by atoms with E-state index in [0.29, 0.717) is 0 Å². The topological polar surface area (TPSA) is 90.3 Å². The summed E-state index contributed by atoms with van der Waals surface area (Å²) < 4.78 is 23.4. The Labute approximate surface area is 79.1 Å². The number of primary sulfonamides is 1. The highest BCUT2D eigenvalue weighted by molar-refractivity contribution is 7.90. The molecule has 2 heterocycles. The fraction of sp³-hybridized carbons (Fsp3) is 0.200. The van der Waals surface area contributed by atoms with Crippen molar-refractivity contribution in [3.8, 4) is 0 Å². The van der Waals surface area contributed by atoms with E-state index >= 15 is 0 Å². The van der Waals surface area contributed by atoms with Crippen molar-refractivity contribution in [2.24, 2.45) is 10.1 Å². The van der Waals surface area contributed by atoms with Gasteiger partial charge in [0.25, 0.3) is 0 Å². The second-order valence-corrected chi connectivity index (χ2v) is 4.52. The Balaban J connectivity index is 2.61. The van der Waals surface area contributed by atoms with Crippen LogP contribution in [0.3, 0.4) is 0 Å². The molecule has 1 aromatic rings. The summed E-state index contributed by atoms with van der Waals surface area (Å²) in [5, 5.41) is 3.77. The molecule has 70 valence electrons. The Morgan fingerprint density at radius 2 is 2.31 bits per heavy atom. The van der Waals surface area contributed by atoms with Gasteiger partial charge in [-0.25, -0.2) is 23.5 Å². The number of sulfonamides is 1. The average molecular weight is 221 g/mol. The molecule has 0 bridgehead atoms. The van der Waals surface area contributed by atoms with Gasteiger partial charge in [0.2, 0.25) is 21.3 Å². The minimum atomic E-state index is -3.77. The number of nitrogens with two attached hydrogens (primary N) is 1. The van der Waals surface area contributed by atoms with Gasteiger partial charge in [0.1, 0.15) is 5.17 Å². The first-order valence-corrected chi connectivity index (χ1v) is 5.27. The predicted molar refractivity (Wildman–Crippen MR) is 47.3 cm³/mol. The van der Waals surface area contributed by atoms with Crippen molar-refractivity contribution in [1.82, 2.24) is 9.55 Å². The molecule has 0 saturated carbocycles. The zero-order chi connectivity index (χ0) is 9.64. The van der Waals surface area contributed by atoms with Crippen LogP contribution in [0.25, 0.3) is 0 Å². The van der Waals surface area contributed by atoms with Gasteiger partial charge in [-0.3, -0.25) is 4.57 Å². The molecule has 1 aliphatic rings. The zero-order valence-corrected chi connectivity index (χ0v) is 7.83. The number of hydrogen-bond acceptors (Lipinski definition) is 4. The molecule has 0 spiro atoms. The fourth-order valence-corrected chi connectivity index (χ4v) is 2.49. The molecule has 0 aromatic carbocycles. The number of imidazole rings is 1. The predicted octanol–water partition coefficient (Wildman–Crippen LogP) is -0.0474. The summed E-state index contributed by atoms with van der Waals surface area (Å²) in [6.07, 6.45) is 2.89. The fourth-order valence-electron chi connectivity index (χ4n) is 1.13. The molecule has 0 radical (unpaired) electrons. The third kappa shape index (κ3) is 1.25. The number of aromatic nitrogens is 2. The van der Waals surface area contributed by atoms with Crippen LogP contribution in [0.5, 0.6) is 0 Å². The lowest BCUT2D eigenvalue weighted by atomic mass is 10.7. The second kappa shape index (κ2) is 2.53. The standard InChI is InChI=1S/C5H5ClN4O2S/c6-3-4(13(7,11)12)10-2-1-8-5(10)9-3/h1-2,4H,(H2,7,11,12). The molecule has 0 aliphatic carbocycles. The number of fused-ring (bicyclic) bond motifs is 1. The maximum atomic E-state index is 11.1. The minimum Gasteiger partial charge on any atom is -0.291 e. The van der Waals surface area contributed by atoms with Gasteiger partial charge >= 0.3 is 0 Å². The second-order valence-electron chi connectivity index (χ2n) is 2.51. The van der Waals surface area contributed by atoms with Crippen molar-refractivity contribution in [3.63, 3.8) is 0 Å². The number of halogens is 1.